The van der Waals surface area contributed by atoms with E-state index in [-0.39, 0.29) is 22.5 Å². The Morgan fingerprint density at radius 2 is 1.91 bits per heavy atom. The van der Waals surface area contributed by atoms with Crippen molar-refractivity contribution in [2.45, 2.75) is 32.0 Å². The Bertz CT molecular complexity index is 1250. The van der Waals surface area contributed by atoms with Crippen LogP contribution in [-0.4, -0.2) is 40.6 Å². The molecule has 1 aromatic heterocycles. The lowest BCUT2D eigenvalue weighted by molar-refractivity contribution is -0.137. The molecule has 0 unspecified atom stereocenters. The van der Waals surface area contributed by atoms with Gasteiger partial charge >= 0.3 is 12.3 Å². The topological polar surface area (TPSA) is 76.5 Å². The van der Waals surface area contributed by atoms with E-state index in [1.165, 1.54) is 23.1 Å². The van der Waals surface area contributed by atoms with E-state index in [1.54, 1.807) is 6.07 Å². The van der Waals surface area contributed by atoms with Gasteiger partial charge in [-0.05, 0) is 42.8 Å². The number of imidazole rings is 1. The van der Waals surface area contributed by atoms with Gasteiger partial charge in [0.1, 0.15) is 0 Å². The first kappa shape index (κ1) is 23.5. The molecule has 1 aliphatic heterocycles. The average molecular weight is 482 g/mol. The van der Waals surface area contributed by atoms with E-state index in [4.69, 9.17) is 4.74 Å². The highest BCUT2D eigenvalue weighted by Crippen LogP contribution is 2.31. The molecule has 0 aliphatic carbocycles. The first-order chi connectivity index (χ1) is 15.9. The summed E-state index contributed by atoms with van der Waals surface area (Å²) in [6.07, 6.45) is -4.60. The molecule has 0 bridgehead atoms. The fourth-order valence-electron chi connectivity index (χ4n) is 3.62. The lowest BCUT2D eigenvalue weighted by atomic mass is 10.1. The van der Waals surface area contributed by atoms with Gasteiger partial charge in [-0.3, -0.25) is 15.0 Å². The van der Waals surface area contributed by atoms with E-state index < -0.39 is 36.2 Å². The van der Waals surface area contributed by atoms with Gasteiger partial charge < -0.3 is 9.30 Å². The molecule has 1 fully saturated rings. The molecule has 2 heterocycles. The number of nitrogens with one attached hydrogen (secondary N) is 1. The van der Waals surface area contributed by atoms with Gasteiger partial charge in [0.2, 0.25) is 5.95 Å². The Kier molecular flexibility index (Phi) is 5.92. The Morgan fingerprint density at radius 1 is 1.15 bits per heavy atom. The number of cyclic esters (lactones) is 1. The standard InChI is InChI=1S/C22H19F5N4O3/c1-21(23,24)12-31-17-7-6-15(30-8-3-9-34-20(30)33)11-16(17)28-19(31)29-18(32)13-4-2-5-14(10-13)22(25,26)27/h2,4-7,10-11H,3,8-9,12H2,1H3,(H,28,29,32). The molecule has 2 aromatic carbocycles. The monoisotopic (exact) mass is 482 g/mol. The predicted molar refractivity (Wildman–Crippen MR) is 113 cm³/mol. The third kappa shape index (κ3) is 4.95. The van der Waals surface area contributed by atoms with Crippen LogP contribution in [0.2, 0.25) is 0 Å². The highest BCUT2D eigenvalue weighted by atomic mass is 19.4. The maximum atomic E-state index is 13.9. The molecule has 0 atom stereocenters. The number of anilines is 2. The van der Waals surface area contributed by atoms with Crippen molar-refractivity contribution in [2.75, 3.05) is 23.4 Å². The molecule has 12 heteroatoms. The number of nitrogens with zero attached hydrogens (tertiary/aromatic N) is 3. The molecular weight excluding hydrogens is 463 g/mol. The lowest BCUT2D eigenvalue weighted by Gasteiger charge is -2.26. The zero-order valence-electron chi connectivity index (χ0n) is 17.8. The van der Waals surface area contributed by atoms with Crippen molar-refractivity contribution in [2.24, 2.45) is 0 Å². The van der Waals surface area contributed by atoms with E-state index in [1.807, 2.05) is 0 Å². The summed E-state index contributed by atoms with van der Waals surface area (Å²) in [4.78, 5) is 30.3. The van der Waals surface area contributed by atoms with Crippen molar-refractivity contribution >= 4 is 34.7 Å². The summed E-state index contributed by atoms with van der Waals surface area (Å²) < 4.78 is 72.9. The molecule has 0 spiro atoms. The Labute approximate surface area is 190 Å². The number of carbonyl (C=O) groups excluding carboxylic acids is 2. The number of aromatic nitrogens is 2. The molecule has 1 aliphatic rings. The van der Waals surface area contributed by atoms with Crippen molar-refractivity contribution < 1.29 is 36.3 Å². The minimum Gasteiger partial charge on any atom is -0.449 e. The molecule has 7 nitrogen and oxygen atoms in total. The van der Waals surface area contributed by atoms with Crippen molar-refractivity contribution in [3.05, 3.63) is 53.6 Å². The van der Waals surface area contributed by atoms with Gasteiger partial charge in [0.05, 0.1) is 29.7 Å². The number of rotatable bonds is 5. The first-order valence-electron chi connectivity index (χ1n) is 10.2. The molecule has 1 N–H and O–H groups in total. The Hall–Kier alpha value is -3.70. The highest BCUT2D eigenvalue weighted by Gasteiger charge is 2.31. The third-order valence-corrected chi connectivity index (χ3v) is 5.13. The van der Waals surface area contributed by atoms with Crippen molar-refractivity contribution in [3.63, 3.8) is 0 Å². The van der Waals surface area contributed by atoms with Gasteiger partial charge in [-0.15, -0.1) is 0 Å². The van der Waals surface area contributed by atoms with Crippen LogP contribution in [0.4, 0.5) is 38.4 Å². The molecule has 180 valence electrons. The average Bonchev–Trinajstić information content (AvgIpc) is 3.08. The van der Waals surface area contributed by atoms with Gasteiger partial charge in [0.15, 0.2) is 0 Å². The Balaban J connectivity index is 1.71. The number of carbonyl (C=O) groups is 2. The van der Waals surface area contributed by atoms with Crippen LogP contribution < -0.4 is 10.2 Å². The number of ether oxygens (including phenoxy) is 1. The summed E-state index contributed by atoms with van der Waals surface area (Å²) in [5, 5.41) is 2.33. The number of amides is 2. The van der Waals surface area contributed by atoms with Crippen molar-refractivity contribution in [1.82, 2.24) is 9.55 Å². The van der Waals surface area contributed by atoms with E-state index in [0.29, 0.717) is 38.2 Å². The number of hydrogen-bond acceptors (Lipinski definition) is 4. The van der Waals surface area contributed by atoms with E-state index >= 15 is 0 Å². The second kappa shape index (κ2) is 8.58. The minimum atomic E-state index is -4.65. The van der Waals surface area contributed by atoms with E-state index in [0.717, 1.165) is 16.7 Å². The number of fused-ring (bicyclic) bond motifs is 1. The normalized spacial score (nSPS) is 14.9. The molecule has 3 aromatic rings. The maximum absolute atomic E-state index is 13.9. The molecule has 34 heavy (non-hydrogen) atoms. The second-order valence-electron chi connectivity index (χ2n) is 7.92. The van der Waals surface area contributed by atoms with Crippen LogP contribution in [-0.2, 0) is 17.5 Å². The summed E-state index contributed by atoms with van der Waals surface area (Å²) in [6, 6.07) is 8.24. The van der Waals surface area contributed by atoms with Crippen LogP contribution in [0, 0.1) is 0 Å². The molecule has 2 amide bonds. The summed E-state index contributed by atoms with van der Waals surface area (Å²) in [7, 11) is 0. The van der Waals surface area contributed by atoms with Crippen LogP contribution in [0.1, 0.15) is 29.3 Å². The van der Waals surface area contributed by atoms with E-state index in [9.17, 15) is 31.5 Å². The van der Waals surface area contributed by atoms with Crippen LogP contribution in [0.3, 0.4) is 0 Å². The largest absolute Gasteiger partial charge is 0.449 e. The Morgan fingerprint density at radius 3 is 2.59 bits per heavy atom. The maximum Gasteiger partial charge on any atom is 0.416 e. The molecular formula is C22H19F5N4O3. The van der Waals surface area contributed by atoms with Crippen LogP contribution in [0.25, 0.3) is 11.0 Å². The number of hydrogen-bond donors (Lipinski definition) is 1. The summed E-state index contributed by atoms with van der Waals surface area (Å²) in [5.41, 5.74) is -0.449. The fraction of sp³-hybridized carbons (Fsp3) is 0.318. The summed E-state index contributed by atoms with van der Waals surface area (Å²) in [6.45, 7) is 0.545. The molecule has 1 saturated heterocycles. The molecule has 0 radical (unpaired) electrons. The van der Waals surface area contributed by atoms with Crippen LogP contribution >= 0.6 is 0 Å². The summed E-state index contributed by atoms with van der Waals surface area (Å²) in [5.74, 6) is -4.39. The molecule has 4 rings (SSSR count). The number of halogens is 5. The van der Waals surface area contributed by atoms with Crippen LogP contribution in [0.5, 0.6) is 0 Å². The quantitative estimate of drug-likeness (QED) is 0.500. The number of benzene rings is 2. The van der Waals surface area contributed by atoms with Crippen LogP contribution in [0.15, 0.2) is 42.5 Å². The molecule has 0 saturated carbocycles. The van der Waals surface area contributed by atoms with Gasteiger partial charge in [0.25, 0.3) is 11.8 Å². The number of alkyl halides is 5. The summed E-state index contributed by atoms with van der Waals surface area (Å²) >= 11 is 0. The van der Waals surface area contributed by atoms with Gasteiger partial charge in [-0.1, -0.05) is 6.07 Å². The SMILES string of the molecule is CC(F)(F)Cn1c(NC(=O)c2cccc(C(F)(F)F)c2)nc2cc(N3CCCOC3=O)ccc21. The third-order valence-electron chi connectivity index (χ3n) is 5.13. The smallest absolute Gasteiger partial charge is 0.416 e. The van der Waals surface area contributed by atoms with Crippen molar-refractivity contribution in [3.8, 4) is 0 Å². The highest BCUT2D eigenvalue weighted by molar-refractivity contribution is 6.04. The predicted octanol–water partition coefficient (Wildman–Crippen LogP) is 5.31. The van der Waals surface area contributed by atoms with Gasteiger partial charge in [-0.25, -0.2) is 18.6 Å². The lowest BCUT2D eigenvalue weighted by Crippen LogP contribution is -2.37. The second-order valence-corrected chi connectivity index (χ2v) is 7.92. The van der Waals surface area contributed by atoms with Crippen molar-refractivity contribution in [1.29, 1.82) is 0 Å². The minimum absolute atomic E-state index is 0.208. The van der Waals surface area contributed by atoms with Gasteiger partial charge in [-0.2, -0.15) is 13.2 Å². The zero-order valence-corrected chi connectivity index (χ0v) is 17.8. The zero-order chi connectivity index (χ0) is 24.7. The fourth-order valence-corrected chi connectivity index (χ4v) is 3.62. The van der Waals surface area contributed by atoms with Gasteiger partial charge in [0, 0.05) is 24.7 Å². The first-order valence-corrected chi connectivity index (χ1v) is 10.2. The van der Waals surface area contributed by atoms with E-state index in [2.05, 4.69) is 10.3 Å².